The molecular formula is C18H22ClF4N5O. The number of carbonyl (C=O) groups excluding carboxylic acids is 1. The van der Waals surface area contributed by atoms with Crippen LogP contribution >= 0.6 is 12.4 Å². The van der Waals surface area contributed by atoms with Crippen molar-refractivity contribution in [2.24, 2.45) is 5.92 Å². The SMILES string of the molecule is CNCCC1CCN(C(=O)c2nnn(-c3ccccc3F)c2C(F)(F)F)CC1.Cl. The Morgan fingerprint density at radius 2 is 1.90 bits per heavy atom. The van der Waals surface area contributed by atoms with Crippen LogP contribution in [0.3, 0.4) is 0 Å². The van der Waals surface area contributed by atoms with Crippen molar-refractivity contribution < 1.29 is 22.4 Å². The van der Waals surface area contributed by atoms with E-state index in [2.05, 4.69) is 15.6 Å². The van der Waals surface area contributed by atoms with Crippen molar-refractivity contribution in [2.45, 2.75) is 25.4 Å². The molecule has 1 aliphatic heterocycles. The molecule has 1 aromatic carbocycles. The van der Waals surface area contributed by atoms with Crippen LogP contribution in [0, 0.1) is 11.7 Å². The van der Waals surface area contributed by atoms with Gasteiger partial charge in [0.2, 0.25) is 0 Å². The van der Waals surface area contributed by atoms with E-state index in [4.69, 9.17) is 0 Å². The molecule has 29 heavy (non-hydrogen) atoms. The first-order valence-electron chi connectivity index (χ1n) is 9.04. The maximum Gasteiger partial charge on any atom is 0.435 e. The van der Waals surface area contributed by atoms with E-state index in [1.54, 1.807) is 0 Å². The molecule has 2 aromatic rings. The van der Waals surface area contributed by atoms with E-state index in [1.807, 2.05) is 7.05 Å². The second-order valence-electron chi connectivity index (χ2n) is 6.78. The van der Waals surface area contributed by atoms with Crippen molar-refractivity contribution in [3.63, 3.8) is 0 Å². The Morgan fingerprint density at radius 3 is 2.48 bits per heavy atom. The molecule has 1 N–H and O–H groups in total. The van der Waals surface area contributed by atoms with Crippen molar-refractivity contribution in [3.8, 4) is 5.69 Å². The van der Waals surface area contributed by atoms with Gasteiger partial charge < -0.3 is 10.2 Å². The van der Waals surface area contributed by atoms with Gasteiger partial charge >= 0.3 is 6.18 Å². The topological polar surface area (TPSA) is 63.1 Å². The number of nitrogens with zero attached hydrogens (tertiary/aromatic N) is 4. The lowest BCUT2D eigenvalue weighted by molar-refractivity contribution is -0.143. The van der Waals surface area contributed by atoms with E-state index in [1.165, 1.54) is 17.0 Å². The summed E-state index contributed by atoms with van der Waals surface area (Å²) < 4.78 is 55.4. The fourth-order valence-corrected chi connectivity index (χ4v) is 3.40. The summed E-state index contributed by atoms with van der Waals surface area (Å²) in [7, 11) is 1.86. The van der Waals surface area contributed by atoms with Crippen LogP contribution in [0.4, 0.5) is 17.6 Å². The summed E-state index contributed by atoms with van der Waals surface area (Å²) in [5.74, 6) is -1.29. The van der Waals surface area contributed by atoms with Crippen LogP contribution < -0.4 is 5.32 Å². The number of hydrogen-bond donors (Lipinski definition) is 1. The highest BCUT2D eigenvalue weighted by Crippen LogP contribution is 2.34. The summed E-state index contributed by atoms with van der Waals surface area (Å²) in [6.45, 7) is 1.57. The van der Waals surface area contributed by atoms with Gasteiger partial charge in [-0.15, -0.1) is 17.5 Å². The van der Waals surface area contributed by atoms with Crippen LogP contribution in [-0.4, -0.2) is 52.5 Å². The summed E-state index contributed by atoms with van der Waals surface area (Å²) in [6, 6.07) is 4.92. The fraction of sp³-hybridized carbons (Fsp3) is 0.500. The highest BCUT2D eigenvalue weighted by Gasteiger charge is 2.43. The van der Waals surface area contributed by atoms with Gasteiger partial charge in [-0.1, -0.05) is 17.3 Å². The van der Waals surface area contributed by atoms with Crippen LogP contribution in [0.5, 0.6) is 0 Å². The number of alkyl halides is 3. The van der Waals surface area contributed by atoms with E-state index >= 15 is 0 Å². The van der Waals surface area contributed by atoms with Gasteiger partial charge in [0.25, 0.3) is 5.91 Å². The Labute approximate surface area is 171 Å². The Balaban J connectivity index is 0.00000300. The smallest absolute Gasteiger partial charge is 0.337 e. The largest absolute Gasteiger partial charge is 0.435 e. The van der Waals surface area contributed by atoms with Gasteiger partial charge in [0.1, 0.15) is 11.5 Å². The van der Waals surface area contributed by atoms with Gasteiger partial charge in [-0.2, -0.15) is 13.2 Å². The van der Waals surface area contributed by atoms with E-state index in [0.717, 1.165) is 37.9 Å². The number of para-hydroxylation sites is 1. The molecular weight excluding hydrogens is 414 g/mol. The second-order valence-corrected chi connectivity index (χ2v) is 6.78. The van der Waals surface area contributed by atoms with Crippen molar-refractivity contribution in [1.82, 2.24) is 25.2 Å². The number of likely N-dealkylation sites (tertiary alicyclic amines) is 1. The molecule has 0 atom stereocenters. The van der Waals surface area contributed by atoms with Crippen LogP contribution in [-0.2, 0) is 6.18 Å². The molecule has 1 saturated heterocycles. The fourth-order valence-electron chi connectivity index (χ4n) is 3.40. The quantitative estimate of drug-likeness (QED) is 0.732. The average Bonchev–Trinajstić information content (AvgIpc) is 3.12. The lowest BCUT2D eigenvalue weighted by Crippen LogP contribution is -2.40. The highest BCUT2D eigenvalue weighted by atomic mass is 35.5. The minimum absolute atomic E-state index is 0. The molecule has 0 spiro atoms. The van der Waals surface area contributed by atoms with Gasteiger partial charge in [-0.3, -0.25) is 4.79 Å². The average molecular weight is 436 g/mol. The molecule has 6 nitrogen and oxygen atoms in total. The lowest BCUT2D eigenvalue weighted by atomic mass is 9.93. The highest BCUT2D eigenvalue weighted by molar-refractivity contribution is 5.93. The number of hydrogen-bond acceptors (Lipinski definition) is 4. The number of piperidine rings is 1. The van der Waals surface area contributed by atoms with Gasteiger partial charge in [-0.05, 0) is 50.9 Å². The molecule has 1 aromatic heterocycles. The normalized spacial score (nSPS) is 15.3. The third-order valence-corrected chi connectivity index (χ3v) is 4.93. The Morgan fingerprint density at radius 1 is 1.24 bits per heavy atom. The second kappa shape index (κ2) is 9.53. The molecule has 0 aliphatic carbocycles. The monoisotopic (exact) mass is 435 g/mol. The van der Waals surface area contributed by atoms with Gasteiger partial charge in [-0.25, -0.2) is 9.07 Å². The van der Waals surface area contributed by atoms with E-state index in [0.29, 0.717) is 23.7 Å². The van der Waals surface area contributed by atoms with Crippen molar-refractivity contribution in [2.75, 3.05) is 26.7 Å². The van der Waals surface area contributed by atoms with Crippen molar-refractivity contribution in [3.05, 3.63) is 41.5 Å². The summed E-state index contributed by atoms with van der Waals surface area (Å²) in [4.78, 5) is 14.1. The van der Waals surface area contributed by atoms with E-state index < -0.39 is 35.0 Å². The van der Waals surface area contributed by atoms with Crippen molar-refractivity contribution >= 4 is 18.3 Å². The summed E-state index contributed by atoms with van der Waals surface area (Å²) in [5, 5.41) is 9.97. The third kappa shape index (κ3) is 5.05. The first-order valence-corrected chi connectivity index (χ1v) is 9.04. The minimum atomic E-state index is -4.91. The maximum atomic E-state index is 14.0. The summed E-state index contributed by atoms with van der Waals surface area (Å²) >= 11 is 0. The number of nitrogens with one attached hydrogen (secondary N) is 1. The standard InChI is InChI=1S/C18H21F4N5O.ClH/c1-23-9-6-12-7-10-26(11-8-12)17(28)15-16(18(20,21)22)27(25-24-15)14-5-3-2-4-13(14)19;/h2-5,12,23H,6-11H2,1H3;1H. The Bertz CT molecular complexity index is 834. The predicted molar refractivity (Wildman–Crippen MR) is 101 cm³/mol. The minimum Gasteiger partial charge on any atom is -0.337 e. The number of rotatable bonds is 5. The number of benzene rings is 1. The Kier molecular flexibility index (Phi) is 7.59. The number of amides is 1. The zero-order chi connectivity index (χ0) is 20.3. The Hall–Kier alpha value is -2.20. The van der Waals surface area contributed by atoms with E-state index in [-0.39, 0.29) is 12.4 Å². The maximum absolute atomic E-state index is 14.0. The van der Waals surface area contributed by atoms with Crippen LogP contribution in [0.25, 0.3) is 5.69 Å². The van der Waals surface area contributed by atoms with Crippen molar-refractivity contribution in [1.29, 1.82) is 0 Å². The molecule has 0 unspecified atom stereocenters. The molecule has 0 saturated carbocycles. The molecule has 160 valence electrons. The van der Waals surface area contributed by atoms with Crippen LogP contribution in [0.2, 0.25) is 0 Å². The zero-order valence-electron chi connectivity index (χ0n) is 15.7. The number of carbonyl (C=O) groups is 1. The van der Waals surface area contributed by atoms with Gasteiger partial charge in [0.15, 0.2) is 11.4 Å². The molecule has 11 heteroatoms. The number of halogens is 5. The third-order valence-electron chi connectivity index (χ3n) is 4.93. The molecule has 2 heterocycles. The molecule has 1 fully saturated rings. The summed E-state index contributed by atoms with van der Waals surface area (Å²) in [5.41, 5.74) is -2.57. The van der Waals surface area contributed by atoms with E-state index in [9.17, 15) is 22.4 Å². The molecule has 0 bridgehead atoms. The van der Waals surface area contributed by atoms with Crippen LogP contribution in [0.1, 0.15) is 35.4 Å². The first kappa shape index (κ1) is 23.1. The molecule has 0 radical (unpaired) electrons. The predicted octanol–water partition coefficient (Wildman–Crippen LogP) is 3.31. The number of aromatic nitrogens is 3. The lowest BCUT2D eigenvalue weighted by Gasteiger charge is -2.31. The molecule has 3 rings (SSSR count). The molecule has 1 aliphatic rings. The van der Waals surface area contributed by atoms with Gasteiger partial charge in [0, 0.05) is 13.1 Å². The zero-order valence-corrected chi connectivity index (χ0v) is 16.6. The summed E-state index contributed by atoms with van der Waals surface area (Å²) in [6.07, 6.45) is -2.52. The van der Waals surface area contributed by atoms with Gasteiger partial charge in [0.05, 0.1) is 0 Å². The van der Waals surface area contributed by atoms with Crippen LogP contribution in [0.15, 0.2) is 24.3 Å². The molecule has 1 amide bonds. The first-order chi connectivity index (χ1) is 13.3.